The van der Waals surface area contributed by atoms with Crippen LogP contribution in [-0.2, 0) is 16.5 Å². The lowest BCUT2D eigenvalue weighted by molar-refractivity contribution is 0.102. The Labute approximate surface area is 161 Å². The molecule has 0 radical (unpaired) electrons. The molecule has 27 heavy (non-hydrogen) atoms. The van der Waals surface area contributed by atoms with Crippen molar-refractivity contribution in [2.24, 2.45) is 0 Å². The van der Waals surface area contributed by atoms with E-state index in [2.05, 4.69) is 12.2 Å². The topological polar surface area (TPSA) is 83.5 Å². The van der Waals surface area contributed by atoms with Crippen LogP contribution in [0, 0.1) is 0 Å². The predicted molar refractivity (Wildman–Crippen MR) is 108 cm³/mol. The van der Waals surface area contributed by atoms with Crippen LogP contribution < -0.4 is 5.32 Å². The maximum Gasteiger partial charge on any atom is 0.294 e. The van der Waals surface area contributed by atoms with Crippen molar-refractivity contribution in [1.29, 1.82) is 0 Å². The average Bonchev–Trinajstić information content (AvgIpc) is 2.65. The van der Waals surface area contributed by atoms with Crippen LogP contribution in [0.5, 0.6) is 0 Å². The highest BCUT2D eigenvalue weighted by Crippen LogP contribution is 2.16. The molecule has 0 saturated carbocycles. The van der Waals surface area contributed by atoms with Gasteiger partial charge in [0.2, 0.25) is 0 Å². The van der Waals surface area contributed by atoms with Gasteiger partial charge in [0, 0.05) is 11.3 Å². The van der Waals surface area contributed by atoms with E-state index in [9.17, 15) is 13.2 Å². The molecule has 5 nitrogen and oxygen atoms in total. The zero-order valence-corrected chi connectivity index (χ0v) is 16.5. The Bertz CT molecular complexity index is 827. The van der Waals surface area contributed by atoms with Gasteiger partial charge in [-0.3, -0.25) is 9.35 Å². The number of aryl methyl sites for hydroxylation is 1. The Morgan fingerprint density at radius 1 is 0.889 bits per heavy atom. The van der Waals surface area contributed by atoms with Crippen LogP contribution in [0.15, 0.2) is 53.4 Å². The van der Waals surface area contributed by atoms with E-state index in [4.69, 9.17) is 4.55 Å². The Kier molecular flexibility index (Phi) is 8.00. The fraction of sp³-hybridized carbons (Fsp3) is 0.381. The van der Waals surface area contributed by atoms with E-state index in [1.165, 1.54) is 61.9 Å². The lowest BCUT2D eigenvalue weighted by Crippen LogP contribution is -2.12. The standard InChI is InChI=1S/C21H27NO4S/c1-2-3-4-5-6-7-8-17-9-11-18(12-10-17)21(23)22-19-13-15-20(16-14-19)27(24,25)26/h9-16H,2-8H2,1H3,(H,22,23)(H,24,25,26). The van der Waals surface area contributed by atoms with Crippen LogP contribution in [0.2, 0.25) is 0 Å². The first-order chi connectivity index (χ1) is 12.9. The third-order valence-corrected chi connectivity index (χ3v) is 5.31. The van der Waals surface area contributed by atoms with Gasteiger partial charge in [-0.15, -0.1) is 0 Å². The number of nitrogens with one attached hydrogen (secondary N) is 1. The van der Waals surface area contributed by atoms with Crippen molar-refractivity contribution in [3.05, 3.63) is 59.7 Å². The highest BCUT2D eigenvalue weighted by atomic mass is 32.2. The molecule has 0 fully saturated rings. The number of unbranched alkanes of at least 4 members (excludes halogenated alkanes) is 5. The summed E-state index contributed by atoms with van der Waals surface area (Å²) >= 11 is 0. The Balaban J connectivity index is 1.84. The molecule has 0 aliphatic carbocycles. The smallest absolute Gasteiger partial charge is 0.294 e. The second-order valence-corrected chi connectivity index (χ2v) is 8.09. The highest BCUT2D eigenvalue weighted by Gasteiger charge is 2.10. The van der Waals surface area contributed by atoms with Crippen molar-refractivity contribution in [2.75, 3.05) is 5.32 Å². The van der Waals surface area contributed by atoms with Gasteiger partial charge in [-0.25, -0.2) is 0 Å². The molecular formula is C21H27NO4S. The summed E-state index contributed by atoms with van der Waals surface area (Å²) in [4.78, 5) is 12.1. The number of anilines is 1. The van der Waals surface area contributed by atoms with Crippen LogP contribution in [-0.4, -0.2) is 18.9 Å². The molecule has 0 bridgehead atoms. The SMILES string of the molecule is CCCCCCCCc1ccc(C(=O)Nc2ccc(S(=O)(=O)O)cc2)cc1. The number of rotatable bonds is 10. The van der Waals surface area contributed by atoms with Gasteiger partial charge in [0.05, 0.1) is 4.90 Å². The minimum Gasteiger partial charge on any atom is -0.322 e. The molecule has 0 aliphatic heterocycles. The van der Waals surface area contributed by atoms with Gasteiger partial charge in [-0.1, -0.05) is 51.2 Å². The van der Waals surface area contributed by atoms with Gasteiger partial charge < -0.3 is 5.32 Å². The van der Waals surface area contributed by atoms with Crippen molar-refractivity contribution in [3.63, 3.8) is 0 Å². The molecule has 0 saturated heterocycles. The largest absolute Gasteiger partial charge is 0.322 e. The predicted octanol–water partition coefficient (Wildman–Crippen LogP) is 5.09. The molecule has 0 aromatic heterocycles. The molecule has 6 heteroatoms. The molecule has 0 unspecified atom stereocenters. The average molecular weight is 390 g/mol. The first-order valence-corrected chi connectivity index (χ1v) is 10.8. The Morgan fingerprint density at radius 3 is 2.07 bits per heavy atom. The second kappa shape index (κ2) is 10.2. The number of carbonyl (C=O) groups is 1. The maximum absolute atomic E-state index is 12.3. The van der Waals surface area contributed by atoms with E-state index < -0.39 is 10.1 Å². The molecule has 0 heterocycles. The van der Waals surface area contributed by atoms with E-state index in [1.54, 1.807) is 12.1 Å². The molecule has 0 atom stereocenters. The highest BCUT2D eigenvalue weighted by molar-refractivity contribution is 7.85. The van der Waals surface area contributed by atoms with Gasteiger partial charge in [0.1, 0.15) is 0 Å². The number of benzene rings is 2. The summed E-state index contributed by atoms with van der Waals surface area (Å²) in [6.07, 6.45) is 8.57. The monoisotopic (exact) mass is 389 g/mol. The normalized spacial score (nSPS) is 11.3. The van der Waals surface area contributed by atoms with Crippen LogP contribution >= 0.6 is 0 Å². The van der Waals surface area contributed by atoms with E-state index in [0.717, 1.165) is 12.8 Å². The number of amides is 1. The van der Waals surface area contributed by atoms with Gasteiger partial charge in [-0.05, 0) is 54.8 Å². The summed E-state index contributed by atoms with van der Waals surface area (Å²) in [6, 6.07) is 12.9. The van der Waals surface area contributed by atoms with Gasteiger partial charge >= 0.3 is 0 Å². The minimum absolute atomic E-state index is 0.209. The van der Waals surface area contributed by atoms with Crippen molar-refractivity contribution in [3.8, 4) is 0 Å². The molecule has 2 aromatic rings. The van der Waals surface area contributed by atoms with Gasteiger partial charge in [0.15, 0.2) is 0 Å². The molecular weight excluding hydrogens is 362 g/mol. The van der Waals surface area contributed by atoms with Gasteiger partial charge in [-0.2, -0.15) is 8.42 Å². The third kappa shape index (κ3) is 7.15. The first-order valence-electron chi connectivity index (χ1n) is 9.38. The maximum atomic E-state index is 12.3. The Morgan fingerprint density at radius 2 is 1.48 bits per heavy atom. The molecule has 2 rings (SSSR count). The molecule has 146 valence electrons. The summed E-state index contributed by atoms with van der Waals surface area (Å²) in [5, 5.41) is 2.71. The van der Waals surface area contributed by atoms with Gasteiger partial charge in [0.25, 0.3) is 16.0 Å². The number of carbonyl (C=O) groups excluding carboxylic acids is 1. The lowest BCUT2D eigenvalue weighted by atomic mass is 10.0. The van der Waals surface area contributed by atoms with Crippen molar-refractivity contribution in [2.45, 2.75) is 56.8 Å². The fourth-order valence-electron chi connectivity index (χ4n) is 2.85. The fourth-order valence-corrected chi connectivity index (χ4v) is 3.33. The van der Waals surface area contributed by atoms with Crippen molar-refractivity contribution in [1.82, 2.24) is 0 Å². The third-order valence-electron chi connectivity index (χ3n) is 4.45. The van der Waals surface area contributed by atoms with E-state index in [-0.39, 0.29) is 10.8 Å². The molecule has 2 N–H and O–H groups in total. The summed E-state index contributed by atoms with van der Waals surface area (Å²) in [5.41, 5.74) is 2.23. The molecule has 1 amide bonds. The second-order valence-electron chi connectivity index (χ2n) is 6.67. The molecule has 0 aliphatic rings. The van der Waals surface area contributed by atoms with Crippen molar-refractivity contribution < 1.29 is 17.8 Å². The first kappa shape index (κ1) is 21.1. The van der Waals surface area contributed by atoms with Crippen LogP contribution in [0.4, 0.5) is 5.69 Å². The summed E-state index contributed by atoms with van der Waals surface area (Å²) in [6.45, 7) is 2.21. The zero-order chi connectivity index (χ0) is 19.7. The summed E-state index contributed by atoms with van der Waals surface area (Å²) in [5.74, 6) is -0.263. The van der Waals surface area contributed by atoms with Crippen LogP contribution in [0.25, 0.3) is 0 Å². The van der Waals surface area contributed by atoms with Crippen molar-refractivity contribution >= 4 is 21.7 Å². The number of hydrogen-bond donors (Lipinski definition) is 2. The zero-order valence-electron chi connectivity index (χ0n) is 15.6. The molecule has 0 spiro atoms. The molecule has 2 aromatic carbocycles. The lowest BCUT2D eigenvalue weighted by Gasteiger charge is -2.07. The van der Waals surface area contributed by atoms with E-state index >= 15 is 0 Å². The van der Waals surface area contributed by atoms with E-state index in [1.807, 2.05) is 12.1 Å². The summed E-state index contributed by atoms with van der Waals surface area (Å²) in [7, 11) is -4.23. The van der Waals surface area contributed by atoms with Crippen LogP contribution in [0.3, 0.4) is 0 Å². The number of hydrogen-bond acceptors (Lipinski definition) is 3. The van der Waals surface area contributed by atoms with Crippen LogP contribution in [0.1, 0.15) is 61.4 Å². The quantitative estimate of drug-likeness (QED) is 0.438. The van der Waals surface area contributed by atoms with E-state index in [0.29, 0.717) is 11.3 Å². The summed E-state index contributed by atoms with van der Waals surface area (Å²) < 4.78 is 31.0. The Hall–Kier alpha value is -2.18. The minimum atomic E-state index is -4.23.